The molecule has 0 aliphatic carbocycles. The summed E-state index contributed by atoms with van der Waals surface area (Å²) in [6.07, 6.45) is 9.71. The van der Waals surface area contributed by atoms with Gasteiger partial charge in [0.2, 0.25) is 0 Å². The second-order valence-electron chi connectivity index (χ2n) is 5.93. The lowest BCUT2D eigenvalue weighted by Crippen LogP contribution is -2.07. The maximum Gasteiger partial charge on any atom is 0.187 e. The highest BCUT2D eigenvalue weighted by atomic mass is 32.2. The molecule has 1 atom stereocenters. The number of hydrogen-bond donors (Lipinski definition) is 0. The molecule has 0 amide bonds. The van der Waals surface area contributed by atoms with E-state index in [1.807, 2.05) is 36.7 Å². The van der Waals surface area contributed by atoms with Crippen LogP contribution in [0.15, 0.2) is 41.8 Å². The van der Waals surface area contributed by atoms with Crippen molar-refractivity contribution in [2.45, 2.75) is 57.2 Å². The molecule has 1 aromatic heterocycles. The van der Waals surface area contributed by atoms with Crippen molar-refractivity contribution in [1.29, 1.82) is 5.26 Å². The summed E-state index contributed by atoms with van der Waals surface area (Å²) < 4.78 is 5.46. The molecule has 5 heteroatoms. The summed E-state index contributed by atoms with van der Waals surface area (Å²) in [7, 11) is 0. The molecule has 0 spiro atoms. The minimum absolute atomic E-state index is 0.451. The first-order valence-electron chi connectivity index (χ1n) is 8.84. The highest BCUT2D eigenvalue weighted by molar-refractivity contribution is 7.99. The third kappa shape index (κ3) is 6.75. The zero-order valence-corrected chi connectivity index (χ0v) is 15.8. The van der Waals surface area contributed by atoms with E-state index in [1.165, 1.54) is 32.1 Å². The Balaban J connectivity index is 1.84. The van der Waals surface area contributed by atoms with Crippen LogP contribution in [0.25, 0.3) is 11.1 Å². The molecule has 0 aliphatic heterocycles. The van der Waals surface area contributed by atoms with E-state index in [0.29, 0.717) is 5.75 Å². The SMILES string of the molecule is CCCCCCCSc1ncc(-c2ccc(O[C@H](C)C#N)cc2)cn1. The van der Waals surface area contributed by atoms with Crippen LogP contribution < -0.4 is 4.74 Å². The molecule has 0 fully saturated rings. The van der Waals surface area contributed by atoms with E-state index in [-0.39, 0.29) is 0 Å². The van der Waals surface area contributed by atoms with Crippen molar-refractivity contribution in [2.24, 2.45) is 0 Å². The van der Waals surface area contributed by atoms with Gasteiger partial charge < -0.3 is 4.74 Å². The van der Waals surface area contributed by atoms with Gasteiger partial charge in [-0.3, -0.25) is 0 Å². The topological polar surface area (TPSA) is 58.8 Å². The molecule has 0 radical (unpaired) electrons. The van der Waals surface area contributed by atoms with Crippen molar-refractivity contribution < 1.29 is 4.74 Å². The highest BCUT2D eigenvalue weighted by Crippen LogP contribution is 2.23. The quantitative estimate of drug-likeness (QED) is 0.320. The molecule has 1 heterocycles. The number of benzene rings is 1. The van der Waals surface area contributed by atoms with Crippen molar-refractivity contribution in [3.63, 3.8) is 0 Å². The van der Waals surface area contributed by atoms with Gasteiger partial charge in [-0.2, -0.15) is 5.26 Å². The van der Waals surface area contributed by atoms with Crippen LogP contribution in [0.5, 0.6) is 5.75 Å². The van der Waals surface area contributed by atoms with Gasteiger partial charge in [0.25, 0.3) is 0 Å². The third-order valence-electron chi connectivity index (χ3n) is 3.79. The van der Waals surface area contributed by atoms with Gasteiger partial charge in [0, 0.05) is 23.7 Å². The second kappa shape index (κ2) is 10.7. The number of thioether (sulfide) groups is 1. The molecule has 1 aromatic carbocycles. The Bertz CT molecular complexity index is 665. The first-order valence-corrected chi connectivity index (χ1v) is 9.83. The number of rotatable bonds is 10. The van der Waals surface area contributed by atoms with E-state index in [2.05, 4.69) is 23.0 Å². The van der Waals surface area contributed by atoms with Gasteiger partial charge in [-0.05, 0) is 31.0 Å². The van der Waals surface area contributed by atoms with Gasteiger partial charge >= 0.3 is 0 Å². The summed E-state index contributed by atoms with van der Waals surface area (Å²) >= 11 is 1.72. The lowest BCUT2D eigenvalue weighted by Gasteiger charge is -2.08. The fourth-order valence-corrected chi connectivity index (χ4v) is 3.15. The van der Waals surface area contributed by atoms with E-state index >= 15 is 0 Å². The number of hydrogen-bond acceptors (Lipinski definition) is 5. The molecular formula is C20H25N3OS. The molecular weight excluding hydrogens is 330 g/mol. The normalized spacial score (nSPS) is 11.7. The Labute approximate surface area is 154 Å². The Hall–Kier alpha value is -2.06. The van der Waals surface area contributed by atoms with Crippen molar-refractivity contribution in [3.05, 3.63) is 36.7 Å². The number of unbranched alkanes of at least 4 members (excludes halogenated alkanes) is 4. The molecule has 0 N–H and O–H groups in total. The zero-order chi connectivity index (χ0) is 17.9. The number of nitrogens with zero attached hydrogens (tertiary/aromatic N) is 3. The largest absolute Gasteiger partial charge is 0.476 e. The van der Waals surface area contributed by atoms with Crippen LogP contribution in [-0.2, 0) is 0 Å². The van der Waals surface area contributed by atoms with Gasteiger partial charge in [-0.1, -0.05) is 56.5 Å². The predicted molar refractivity (Wildman–Crippen MR) is 103 cm³/mol. The van der Waals surface area contributed by atoms with Crippen LogP contribution in [0.1, 0.15) is 46.0 Å². The number of aromatic nitrogens is 2. The van der Waals surface area contributed by atoms with E-state index in [9.17, 15) is 0 Å². The maximum atomic E-state index is 8.78. The van der Waals surface area contributed by atoms with Gasteiger partial charge in [0.1, 0.15) is 11.8 Å². The Morgan fingerprint density at radius 2 is 1.72 bits per heavy atom. The van der Waals surface area contributed by atoms with Gasteiger partial charge in [0.05, 0.1) is 0 Å². The van der Waals surface area contributed by atoms with Crippen LogP contribution in [0.2, 0.25) is 0 Å². The monoisotopic (exact) mass is 355 g/mol. The number of ether oxygens (including phenoxy) is 1. The average Bonchev–Trinajstić information content (AvgIpc) is 2.65. The smallest absolute Gasteiger partial charge is 0.187 e. The summed E-state index contributed by atoms with van der Waals surface area (Å²) in [6.45, 7) is 3.96. The molecule has 0 aliphatic rings. The molecule has 132 valence electrons. The van der Waals surface area contributed by atoms with E-state index in [0.717, 1.165) is 22.0 Å². The lowest BCUT2D eigenvalue weighted by atomic mass is 10.1. The molecule has 2 aromatic rings. The van der Waals surface area contributed by atoms with E-state index in [4.69, 9.17) is 10.00 Å². The minimum atomic E-state index is -0.451. The van der Waals surface area contributed by atoms with E-state index in [1.54, 1.807) is 18.7 Å². The molecule has 2 rings (SSSR count). The van der Waals surface area contributed by atoms with Crippen molar-refractivity contribution >= 4 is 11.8 Å². The van der Waals surface area contributed by atoms with Gasteiger partial charge in [0.15, 0.2) is 11.3 Å². The van der Waals surface area contributed by atoms with Crippen LogP contribution in [0, 0.1) is 11.3 Å². The molecule has 0 bridgehead atoms. The van der Waals surface area contributed by atoms with Crippen molar-refractivity contribution in [2.75, 3.05) is 5.75 Å². The summed E-state index contributed by atoms with van der Waals surface area (Å²) in [5.74, 6) is 1.76. The van der Waals surface area contributed by atoms with Gasteiger partial charge in [-0.15, -0.1) is 0 Å². The first-order chi connectivity index (χ1) is 12.2. The zero-order valence-electron chi connectivity index (χ0n) is 14.9. The van der Waals surface area contributed by atoms with Crippen LogP contribution in [0.3, 0.4) is 0 Å². The molecule has 25 heavy (non-hydrogen) atoms. The first kappa shape index (κ1) is 19.3. The van der Waals surface area contributed by atoms with Crippen LogP contribution in [0.4, 0.5) is 0 Å². The Morgan fingerprint density at radius 1 is 1.04 bits per heavy atom. The molecule has 0 saturated carbocycles. The highest BCUT2D eigenvalue weighted by Gasteiger charge is 2.04. The standard InChI is InChI=1S/C20H25N3OS/c1-3-4-5-6-7-12-25-20-22-14-18(15-23-20)17-8-10-19(11-9-17)24-16(2)13-21/h8-11,14-16H,3-7,12H2,1-2H3/t16-/m1/s1. The summed E-state index contributed by atoms with van der Waals surface area (Å²) in [5, 5.41) is 9.61. The van der Waals surface area contributed by atoms with Crippen LogP contribution >= 0.6 is 11.8 Å². The number of nitriles is 1. The molecule has 4 nitrogen and oxygen atoms in total. The lowest BCUT2D eigenvalue weighted by molar-refractivity contribution is 0.276. The second-order valence-corrected chi connectivity index (χ2v) is 6.99. The Kier molecular flexibility index (Phi) is 8.27. The van der Waals surface area contributed by atoms with Crippen LogP contribution in [-0.4, -0.2) is 21.8 Å². The Morgan fingerprint density at radius 3 is 2.36 bits per heavy atom. The fourth-order valence-electron chi connectivity index (χ4n) is 2.37. The summed E-state index contributed by atoms with van der Waals surface area (Å²) in [5.41, 5.74) is 2.01. The van der Waals surface area contributed by atoms with E-state index < -0.39 is 6.10 Å². The summed E-state index contributed by atoms with van der Waals surface area (Å²) in [6, 6.07) is 9.69. The van der Waals surface area contributed by atoms with Crippen molar-refractivity contribution in [1.82, 2.24) is 9.97 Å². The molecule has 0 saturated heterocycles. The third-order valence-corrected chi connectivity index (χ3v) is 4.75. The minimum Gasteiger partial charge on any atom is -0.476 e. The molecule has 0 unspecified atom stereocenters. The van der Waals surface area contributed by atoms with Crippen molar-refractivity contribution in [3.8, 4) is 22.9 Å². The predicted octanol–water partition coefficient (Wildman–Crippen LogP) is 5.50. The van der Waals surface area contributed by atoms with Gasteiger partial charge in [-0.25, -0.2) is 9.97 Å². The maximum absolute atomic E-state index is 8.78. The summed E-state index contributed by atoms with van der Waals surface area (Å²) in [4.78, 5) is 8.90. The fraction of sp³-hybridized carbons (Fsp3) is 0.450. The average molecular weight is 356 g/mol.